The average Bonchev–Trinajstić information content (AvgIpc) is 2.95. The van der Waals surface area contributed by atoms with Crippen molar-refractivity contribution in [2.45, 2.75) is 130 Å². The Balaban J connectivity index is -0.000000292. The first-order chi connectivity index (χ1) is 22.6. The SMILES string of the molecule is CC(CS(C)(=O)=O)C(C)(C)C.COC(=O)CC(C(C)C)C(C)(C)C.COC(=O)CC(C)C(C)(C)C.COC(=O)CC(CNC(=O)OC)C(C)(C)C. The van der Waals surface area contributed by atoms with Crippen LogP contribution in [0.1, 0.15) is 130 Å². The van der Waals surface area contributed by atoms with Crippen LogP contribution in [-0.4, -0.2) is 79.4 Å². The molecule has 0 spiro atoms. The number of carbonyl (C=O) groups excluding carboxylic acids is 4. The molecular formula is C39H79NO10S. The lowest BCUT2D eigenvalue weighted by Crippen LogP contribution is -2.36. The van der Waals surface area contributed by atoms with E-state index in [1.165, 1.54) is 34.7 Å². The first-order valence-electron chi connectivity index (χ1n) is 17.8. The van der Waals surface area contributed by atoms with Crippen molar-refractivity contribution in [1.29, 1.82) is 0 Å². The lowest BCUT2D eigenvalue weighted by Gasteiger charge is -2.33. The van der Waals surface area contributed by atoms with Crippen LogP contribution in [0.4, 0.5) is 4.79 Å². The molecule has 4 unspecified atom stereocenters. The van der Waals surface area contributed by atoms with Crippen LogP contribution in [0.25, 0.3) is 0 Å². The van der Waals surface area contributed by atoms with E-state index in [0.29, 0.717) is 37.1 Å². The molecule has 0 fully saturated rings. The molecule has 0 radical (unpaired) electrons. The summed E-state index contributed by atoms with van der Waals surface area (Å²) in [5.74, 6) is 1.30. The number of alkyl carbamates (subject to hydrolysis) is 1. The zero-order valence-electron chi connectivity index (χ0n) is 36.4. The van der Waals surface area contributed by atoms with E-state index in [0.717, 1.165) is 0 Å². The minimum Gasteiger partial charge on any atom is -0.469 e. The Morgan fingerprint density at radius 3 is 1.18 bits per heavy atom. The van der Waals surface area contributed by atoms with Crippen LogP contribution in [0, 0.1) is 51.2 Å². The fourth-order valence-electron chi connectivity index (χ4n) is 4.40. The highest BCUT2D eigenvalue weighted by molar-refractivity contribution is 7.90. The molecule has 306 valence electrons. The smallest absolute Gasteiger partial charge is 0.406 e. The zero-order valence-corrected chi connectivity index (χ0v) is 37.2. The molecule has 1 amide bonds. The number of amides is 1. The van der Waals surface area contributed by atoms with Gasteiger partial charge in [-0.05, 0) is 51.2 Å². The molecule has 0 saturated carbocycles. The maximum atomic E-state index is 11.2. The number of rotatable bonds is 11. The van der Waals surface area contributed by atoms with Crippen molar-refractivity contribution < 1.29 is 46.5 Å². The summed E-state index contributed by atoms with van der Waals surface area (Å²) in [6.45, 7) is 33.8. The molecule has 0 saturated heterocycles. The molecule has 51 heavy (non-hydrogen) atoms. The third-order valence-corrected chi connectivity index (χ3v) is 10.4. The predicted molar refractivity (Wildman–Crippen MR) is 208 cm³/mol. The summed E-state index contributed by atoms with van der Waals surface area (Å²) in [6, 6.07) is 0. The molecule has 12 heteroatoms. The number of esters is 3. The molecule has 4 atom stereocenters. The second kappa shape index (κ2) is 24.8. The number of hydrogen-bond acceptors (Lipinski definition) is 10. The lowest BCUT2D eigenvalue weighted by atomic mass is 9.72. The quantitative estimate of drug-likeness (QED) is 0.161. The van der Waals surface area contributed by atoms with Gasteiger partial charge in [0.15, 0.2) is 0 Å². The summed E-state index contributed by atoms with van der Waals surface area (Å²) in [5, 5.41) is 2.60. The van der Waals surface area contributed by atoms with Crippen molar-refractivity contribution in [1.82, 2.24) is 5.32 Å². The van der Waals surface area contributed by atoms with E-state index in [4.69, 9.17) is 0 Å². The van der Waals surface area contributed by atoms with Gasteiger partial charge in [0.25, 0.3) is 0 Å². The van der Waals surface area contributed by atoms with E-state index < -0.39 is 15.9 Å². The minimum absolute atomic E-state index is 0.0130. The van der Waals surface area contributed by atoms with Crippen LogP contribution < -0.4 is 5.32 Å². The summed E-state index contributed by atoms with van der Waals surface area (Å²) in [4.78, 5) is 44.2. The van der Waals surface area contributed by atoms with E-state index in [-0.39, 0.29) is 63.6 Å². The Kier molecular flexibility index (Phi) is 26.9. The highest BCUT2D eigenvalue weighted by Crippen LogP contribution is 2.35. The number of carbonyl (C=O) groups is 4. The van der Waals surface area contributed by atoms with Crippen molar-refractivity contribution in [3.63, 3.8) is 0 Å². The predicted octanol–water partition coefficient (Wildman–Crippen LogP) is 8.38. The molecule has 0 aromatic carbocycles. The Labute approximate surface area is 313 Å². The minimum atomic E-state index is -2.81. The summed E-state index contributed by atoms with van der Waals surface area (Å²) < 4.78 is 40.1. The second-order valence-corrected chi connectivity index (χ2v) is 20.3. The van der Waals surface area contributed by atoms with Crippen LogP contribution in [0.2, 0.25) is 0 Å². The van der Waals surface area contributed by atoms with Crippen LogP contribution in [0.15, 0.2) is 0 Å². The monoisotopic (exact) mass is 754 g/mol. The molecule has 0 rings (SSSR count). The number of hydrogen-bond donors (Lipinski definition) is 1. The summed E-state index contributed by atoms with van der Waals surface area (Å²) in [6.07, 6.45) is 2.12. The van der Waals surface area contributed by atoms with Crippen LogP contribution in [0.5, 0.6) is 0 Å². The van der Waals surface area contributed by atoms with Gasteiger partial charge in [-0.25, -0.2) is 13.2 Å². The van der Waals surface area contributed by atoms with E-state index >= 15 is 0 Å². The number of methoxy groups -OCH3 is 4. The highest BCUT2D eigenvalue weighted by atomic mass is 32.2. The molecule has 0 aromatic heterocycles. The Morgan fingerprint density at radius 2 is 0.922 bits per heavy atom. The molecule has 11 nitrogen and oxygen atoms in total. The Hall–Kier alpha value is -2.37. The van der Waals surface area contributed by atoms with Gasteiger partial charge in [0.1, 0.15) is 9.84 Å². The van der Waals surface area contributed by atoms with Gasteiger partial charge in [-0.2, -0.15) is 0 Å². The molecule has 0 aromatic rings. The summed E-state index contributed by atoms with van der Waals surface area (Å²) in [5.41, 5.74) is 0.356. The van der Waals surface area contributed by atoms with Gasteiger partial charge >= 0.3 is 24.0 Å². The van der Waals surface area contributed by atoms with Crippen molar-refractivity contribution in [2.24, 2.45) is 51.2 Å². The van der Waals surface area contributed by atoms with E-state index in [1.807, 2.05) is 27.7 Å². The van der Waals surface area contributed by atoms with Gasteiger partial charge in [-0.3, -0.25) is 14.4 Å². The van der Waals surface area contributed by atoms with Crippen molar-refractivity contribution in [3.8, 4) is 0 Å². The van der Waals surface area contributed by atoms with Gasteiger partial charge in [0, 0.05) is 25.6 Å². The third-order valence-electron chi connectivity index (χ3n) is 9.29. The third kappa shape index (κ3) is 32.0. The Morgan fingerprint density at radius 1 is 0.549 bits per heavy atom. The molecule has 0 aliphatic carbocycles. The molecule has 1 N–H and O–H groups in total. The number of ether oxygens (including phenoxy) is 4. The second-order valence-electron chi connectivity index (χ2n) is 18.1. The Bertz CT molecular complexity index is 1100. The standard InChI is InChI=1S/C11H21NO4.C11H22O2.C9H18O2.C8H18O2S/c1-11(2,3)8(6-9(13)15-4)7-12-10(14)16-5;1-8(2)9(11(3,4)5)7-10(12)13-6;1-7(9(2,3)4)6-8(10)11-5;1-7(8(2,3)4)6-11(5,9)10/h8H,6-7H2,1-5H3,(H,12,14);8-9H,7H2,1-6H3;2*7H,6H2,1-5H3. The maximum Gasteiger partial charge on any atom is 0.406 e. The number of nitrogens with one attached hydrogen (secondary N) is 1. The average molecular weight is 754 g/mol. The van der Waals surface area contributed by atoms with Crippen LogP contribution in [-0.2, 0) is 43.2 Å². The van der Waals surface area contributed by atoms with E-state index in [1.54, 1.807) is 0 Å². The summed E-state index contributed by atoms with van der Waals surface area (Å²) >= 11 is 0. The van der Waals surface area contributed by atoms with Gasteiger partial charge in [0.05, 0.1) is 40.6 Å². The fraction of sp³-hybridized carbons (Fsp3) is 0.897. The number of sulfone groups is 1. The molecule has 0 heterocycles. The maximum absolute atomic E-state index is 11.2. The first kappa shape index (κ1) is 55.4. The molecule has 0 aliphatic heterocycles. The molecule has 0 bridgehead atoms. The van der Waals surface area contributed by atoms with Crippen molar-refractivity contribution in [2.75, 3.05) is 47.0 Å². The first-order valence-corrected chi connectivity index (χ1v) is 19.9. The highest BCUT2D eigenvalue weighted by Gasteiger charge is 2.30. The normalized spacial score (nSPS) is 14.3. The van der Waals surface area contributed by atoms with Gasteiger partial charge < -0.3 is 24.3 Å². The largest absolute Gasteiger partial charge is 0.469 e. The van der Waals surface area contributed by atoms with Gasteiger partial charge in [0.2, 0.25) is 0 Å². The van der Waals surface area contributed by atoms with Gasteiger partial charge in [-0.1, -0.05) is 111 Å². The van der Waals surface area contributed by atoms with Crippen molar-refractivity contribution in [3.05, 3.63) is 0 Å². The van der Waals surface area contributed by atoms with Crippen molar-refractivity contribution >= 4 is 33.8 Å². The van der Waals surface area contributed by atoms with Gasteiger partial charge in [-0.15, -0.1) is 0 Å². The molecular weight excluding hydrogens is 674 g/mol. The fourth-order valence-corrected chi connectivity index (χ4v) is 5.80. The lowest BCUT2D eigenvalue weighted by molar-refractivity contribution is -0.144. The van der Waals surface area contributed by atoms with Crippen LogP contribution in [0.3, 0.4) is 0 Å². The molecule has 0 aliphatic rings. The zero-order chi connectivity index (χ0) is 41.8. The summed E-state index contributed by atoms with van der Waals surface area (Å²) in [7, 11) is 2.73. The van der Waals surface area contributed by atoms with E-state index in [9.17, 15) is 27.6 Å². The van der Waals surface area contributed by atoms with Crippen LogP contribution >= 0.6 is 0 Å². The van der Waals surface area contributed by atoms with E-state index in [2.05, 4.69) is 107 Å². The topological polar surface area (TPSA) is 151 Å².